The Morgan fingerprint density at radius 3 is 2.31 bits per heavy atom. The Bertz CT molecular complexity index is 222. The molecule has 4 nitrogen and oxygen atoms in total. The van der Waals surface area contributed by atoms with E-state index in [1.807, 2.05) is 13.8 Å². The lowest BCUT2D eigenvalue weighted by Crippen LogP contribution is -2.41. The van der Waals surface area contributed by atoms with E-state index < -0.39 is 5.54 Å². The van der Waals surface area contributed by atoms with Crippen molar-refractivity contribution in [2.75, 3.05) is 0 Å². The minimum absolute atomic E-state index is 0.476. The quantitative estimate of drug-likeness (QED) is 0.492. The standard InChI is InChI=1S/C9H18N4/c1-7(10)5-6-8(13-12-4)9(2,3)11/h10H,4-6,11H2,1-3H3/b10-7?,13-8+. The summed E-state index contributed by atoms with van der Waals surface area (Å²) in [5, 5.41) is 14.6. The molecule has 0 unspecified atom stereocenters. The van der Waals surface area contributed by atoms with Crippen LogP contribution in [0.4, 0.5) is 0 Å². The average molecular weight is 182 g/mol. The zero-order chi connectivity index (χ0) is 10.5. The number of hydrogen-bond donors (Lipinski definition) is 2. The van der Waals surface area contributed by atoms with Gasteiger partial charge in [-0.05, 0) is 33.6 Å². The highest BCUT2D eigenvalue weighted by atomic mass is 15.2. The van der Waals surface area contributed by atoms with Gasteiger partial charge in [-0.15, -0.1) is 0 Å². The number of rotatable bonds is 5. The molecule has 0 aliphatic carbocycles. The van der Waals surface area contributed by atoms with Crippen molar-refractivity contribution in [1.82, 2.24) is 0 Å². The number of hydrogen-bond acceptors (Lipinski definition) is 4. The zero-order valence-electron chi connectivity index (χ0n) is 8.59. The molecule has 0 fully saturated rings. The fraction of sp³-hybridized carbons (Fsp3) is 0.667. The van der Waals surface area contributed by atoms with Crippen molar-refractivity contribution in [1.29, 1.82) is 5.41 Å². The predicted molar refractivity (Wildman–Crippen MR) is 57.9 cm³/mol. The highest BCUT2D eigenvalue weighted by Gasteiger charge is 2.19. The molecule has 13 heavy (non-hydrogen) atoms. The van der Waals surface area contributed by atoms with Crippen LogP contribution in [0, 0.1) is 5.41 Å². The van der Waals surface area contributed by atoms with Gasteiger partial charge in [0, 0.05) is 12.4 Å². The molecule has 0 aromatic carbocycles. The van der Waals surface area contributed by atoms with Crippen LogP contribution >= 0.6 is 0 Å². The summed E-state index contributed by atoms with van der Waals surface area (Å²) in [5.41, 5.74) is 6.80. The van der Waals surface area contributed by atoms with E-state index in [0.717, 1.165) is 5.71 Å². The summed E-state index contributed by atoms with van der Waals surface area (Å²) >= 11 is 0. The van der Waals surface area contributed by atoms with Gasteiger partial charge in [0.2, 0.25) is 0 Å². The Balaban J connectivity index is 4.37. The molecule has 0 aromatic rings. The first-order valence-electron chi connectivity index (χ1n) is 4.24. The van der Waals surface area contributed by atoms with E-state index in [9.17, 15) is 0 Å². The third kappa shape index (κ3) is 5.25. The van der Waals surface area contributed by atoms with E-state index in [0.29, 0.717) is 18.6 Å². The van der Waals surface area contributed by atoms with Gasteiger partial charge in [-0.2, -0.15) is 10.2 Å². The molecule has 0 saturated heterocycles. The van der Waals surface area contributed by atoms with Crippen LogP contribution in [0.1, 0.15) is 33.6 Å². The third-order valence-corrected chi connectivity index (χ3v) is 1.67. The van der Waals surface area contributed by atoms with E-state index in [2.05, 4.69) is 16.9 Å². The van der Waals surface area contributed by atoms with Crippen molar-refractivity contribution in [2.24, 2.45) is 15.9 Å². The maximum absolute atomic E-state index is 7.28. The number of nitrogens with one attached hydrogen (secondary N) is 1. The number of nitrogens with two attached hydrogens (primary N) is 1. The lowest BCUT2D eigenvalue weighted by molar-refractivity contribution is 0.678. The molecule has 0 atom stereocenters. The second kappa shape index (κ2) is 4.87. The monoisotopic (exact) mass is 182 g/mol. The molecule has 0 aliphatic heterocycles. The minimum atomic E-state index is -0.476. The van der Waals surface area contributed by atoms with E-state index >= 15 is 0 Å². The fourth-order valence-corrected chi connectivity index (χ4v) is 0.892. The smallest absolute Gasteiger partial charge is 0.0602 e. The minimum Gasteiger partial charge on any atom is -0.321 e. The van der Waals surface area contributed by atoms with E-state index in [-0.39, 0.29) is 0 Å². The van der Waals surface area contributed by atoms with Crippen molar-refractivity contribution < 1.29 is 0 Å². The molecule has 0 rings (SSSR count). The van der Waals surface area contributed by atoms with Crippen molar-refractivity contribution in [3.05, 3.63) is 0 Å². The van der Waals surface area contributed by atoms with Crippen LogP contribution in [0.25, 0.3) is 0 Å². The summed E-state index contributed by atoms with van der Waals surface area (Å²) < 4.78 is 0. The Morgan fingerprint density at radius 1 is 1.46 bits per heavy atom. The first kappa shape index (κ1) is 12.0. The molecule has 4 heteroatoms. The largest absolute Gasteiger partial charge is 0.321 e. The van der Waals surface area contributed by atoms with Gasteiger partial charge in [0.1, 0.15) is 0 Å². The Morgan fingerprint density at radius 2 is 2.00 bits per heavy atom. The van der Waals surface area contributed by atoms with Gasteiger partial charge < -0.3 is 11.1 Å². The van der Waals surface area contributed by atoms with Gasteiger partial charge in [-0.25, -0.2) is 0 Å². The molecule has 0 saturated carbocycles. The molecule has 0 spiro atoms. The molecule has 0 aliphatic rings. The van der Waals surface area contributed by atoms with Crippen LogP contribution in [-0.2, 0) is 0 Å². The molecule has 0 bridgehead atoms. The maximum atomic E-state index is 7.28. The van der Waals surface area contributed by atoms with Gasteiger partial charge in [0.15, 0.2) is 0 Å². The van der Waals surface area contributed by atoms with E-state index in [4.69, 9.17) is 11.1 Å². The van der Waals surface area contributed by atoms with Gasteiger partial charge in [0.25, 0.3) is 0 Å². The molecule has 0 aromatic heterocycles. The van der Waals surface area contributed by atoms with Gasteiger partial charge in [-0.1, -0.05) is 0 Å². The second-order valence-corrected chi connectivity index (χ2v) is 3.69. The highest BCUT2D eigenvalue weighted by molar-refractivity contribution is 5.95. The maximum Gasteiger partial charge on any atom is 0.0602 e. The van der Waals surface area contributed by atoms with Crippen LogP contribution in [0.2, 0.25) is 0 Å². The number of nitrogens with zero attached hydrogens (tertiary/aromatic N) is 2. The van der Waals surface area contributed by atoms with Crippen molar-refractivity contribution >= 4 is 18.1 Å². The summed E-state index contributed by atoms with van der Waals surface area (Å²) in [4.78, 5) is 0. The highest BCUT2D eigenvalue weighted by Crippen LogP contribution is 2.08. The predicted octanol–water partition coefficient (Wildman–Crippen LogP) is 1.60. The van der Waals surface area contributed by atoms with Crippen LogP contribution in [-0.4, -0.2) is 23.7 Å². The zero-order valence-corrected chi connectivity index (χ0v) is 8.59. The van der Waals surface area contributed by atoms with Gasteiger partial charge >= 0.3 is 0 Å². The van der Waals surface area contributed by atoms with E-state index in [1.165, 1.54) is 0 Å². The van der Waals surface area contributed by atoms with Crippen LogP contribution in [0.3, 0.4) is 0 Å². The van der Waals surface area contributed by atoms with Crippen molar-refractivity contribution in [2.45, 2.75) is 39.2 Å². The van der Waals surface area contributed by atoms with Crippen LogP contribution in [0.5, 0.6) is 0 Å². The lowest BCUT2D eigenvalue weighted by atomic mass is 9.95. The van der Waals surface area contributed by atoms with Crippen LogP contribution in [0.15, 0.2) is 10.2 Å². The summed E-state index contributed by atoms with van der Waals surface area (Å²) in [6.07, 6.45) is 1.35. The molecule has 0 heterocycles. The molecule has 0 amide bonds. The van der Waals surface area contributed by atoms with Gasteiger partial charge in [-0.3, -0.25) is 0 Å². The average Bonchev–Trinajstić information content (AvgIpc) is 1.95. The summed E-state index contributed by atoms with van der Waals surface area (Å²) in [6.45, 7) is 8.80. The SMILES string of the molecule is C=N/N=C(\CCC(C)=N)C(C)(C)N. The van der Waals surface area contributed by atoms with Crippen molar-refractivity contribution in [3.63, 3.8) is 0 Å². The first-order chi connectivity index (χ1) is 5.88. The lowest BCUT2D eigenvalue weighted by Gasteiger charge is -2.20. The van der Waals surface area contributed by atoms with Crippen LogP contribution < -0.4 is 5.73 Å². The molecule has 74 valence electrons. The summed E-state index contributed by atoms with van der Waals surface area (Å²) in [7, 11) is 0. The van der Waals surface area contributed by atoms with Crippen molar-refractivity contribution in [3.8, 4) is 0 Å². The fourth-order valence-electron chi connectivity index (χ4n) is 0.892. The topological polar surface area (TPSA) is 74.6 Å². The summed E-state index contributed by atoms with van der Waals surface area (Å²) in [6, 6.07) is 0. The Kier molecular flexibility index (Phi) is 4.48. The Labute approximate surface area is 79.4 Å². The third-order valence-electron chi connectivity index (χ3n) is 1.67. The van der Waals surface area contributed by atoms with E-state index in [1.54, 1.807) is 6.92 Å². The summed E-state index contributed by atoms with van der Waals surface area (Å²) in [5.74, 6) is 0. The Hall–Kier alpha value is -1.03. The molecular weight excluding hydrogens is 164 g/mol. The van der Waals surface area contributed by atoms with Gasteiger partial charge in [0.05, 0.1) is 11.3 Å². The molecular formula is C9H18N4. The second-order valence-electron chi connectivity index (χ2n) is 3.69. The normalized spacial score (nSPS) is 12.8. The molecule has 0 radical (unpaired) electrons. The first-order valence-corrected chi connectivity index (χ1v) is 4.24. The molecule has 3 N–H and O–H groups in total.